The van der Waals surface area contributed by atoms with Crippen molar-refractivity contribution in [2.45, 2.75) is 69.1 Å². The molecule has 1 aliphatic heterocycles. The summed E-state index contributed by atoms with van der Waals surface area (Å²) >= 11 is 5.67. The minimum Gasteiger partial charge on any atom is -0.493 e. The lowest BCUT2D eigenvalue weighted by Gasteiger charge is -2.45. The average Bonchev–Trinajstić information content (AvgIpc) is 3.25. The second-order valence-electron chi connectivity index (χ2n) is 10.6. The summed E-state index contributed by atoms with van der Waals surface area (Å²) in [6.07, 6.45) is -0.631. The number of halogens is 3. The van der Waals surface area contributed by atoms with Crippen LogP contribution in [0.5, 0.6) is 11.5 Å². The van der Waals surface area contributed by atoms with Crippen LogP contribution in [0.3, 0.4) is 0 Å². The molecule has 2 fully saturated rings. The largest absolute Gasteiger partial charge is 0.493 e. The first-order valence-electron chi connectivity index (χ1n) is 13.2. The Kier molecular flexibility index (Phi) is 10.3. The third-order valence-electron chi connectivity index (χ3n) is 7.90. The number of carbonyl (C=O) groups is 1. The molecule has 1 saturated carbocycles. The van der Waals surface area contributed by atoms with Gasteiger partial charge in [-0.15, -0.1) is 0 Å². The van der Waals surface area contributed by atoms with Gasteiger partial charge in [-0.05, 0) is 92.8 Å². The van der Waals surface area contributed by atoms with Gasteiger partial charge in [0.15, 0.2) is 16.6 Å². The quantitative estimate of drug-likeness (QED) is 0.362. The SMILES string of the molecule is COc1ccc([C@@]23CC[C@@H](NC(=S)Nc4ccc(C(C)C)cc4)C[C@@H]2N(C)CC3)cc1OC.O=C(O)C(F)(F)F. The lowest BCUT2D eigenvalue weighted by molar-refractivity contribution is -0.192. The lowest BCUT2D eigenvalue weighted by atomic mass is 9.65. The number of rotatable bonds is 6. The molecular formula is C29H38F3N3O4S. The van der Waals surface area contributed by atoms with E-state index < -0.39 is 12.1 Å². The highest BCUT2D eigenvalue weighted by Crippen LogP contribution is 2.49. The van der Waals surface area contributed by atoms with E-state index in [0.29, 0.717) is 23.1 Å². The zero-order chi connectivity index (χ0) is 29.7. The van der Waals surface area contributed by atoms with Crippen molar-refractivity contribution in [3.63, 3.8) is 0 Å². The Hall–Kier alpha value is -3.05. The number of benzene rings is 2. The van der Waals surface area contributed by atoms with E-state index >= 15 is 0 Å². The number of thiocarbonyl (C=S) groups is 1. The Balaban J connectivity index is 0.000000559. The van der Waals surface area contributed by atoms with Crippen molar-refractivity contribution in [3.8, 4) is 11.5 Å². The molecule has 2 aromatic carbocycles. The van der Waals surface area contributed by atoms with Gasteiger partial charge in [-0.2, -0.15) is 13.2 Å². The first-order chi connectivity index (χ1) is 18.8. The number of likely N-dealkylation sites (tertiary alicyclic amines) is 1. The molecule has 0 spiro atoms. The first kappa shape index (κ1) is 31.5. The van der Waals surface area contributed by atoms with Crippen molar-refractivity contribution >= 4 is 29.0 Å². The fraction of sp³-hybridized carbons (Fsp3) is 0.517. The Morgan fingerprint density at radius 1 is 1.10 bits per heavy atom. The van der Waals surface area contributed by atoms with Crippen LogP contribution in [-0.2, 0) is 10.2 Å². The normalized spacial score (nSPS) is 22.5. The van der Waals surface area contributed by atoms with Crippen LogP contribution in [0.4, 0.5) is 18.9 Å². The lowest BCUT2D eigenvalue weighted by Crippen LogP contribution is -2.52. The van der Waals surface area contributed by atoms with Crippen molar-refractivity contribution < 1.29 is 32.5 Å². The van der Waals surface area contributed by atoms with Gasteiger partial charge < -0.3 is 30.1 Å². The van der Waals surface area contributed by atoms with Crippen LogP contribution < -0.4 is 20.1 Å². The van der Waals surface area contributed by atoms with Gasteiger partial charge in [-0.1, -0.05) is 32.0 Å². The topological polar surface area (TPSA) is 83.1 Å². The van der Waals surface area contributed by atoms with Crippen LogP contribution in [0.25, 0.3) is 0 Å². The highest BCUT2D eigenvalue weighted by atomic mass is 32.1. The predicted molar refractivity (Wildman–Crippen MR) is 153 cm³/mol. The molecule has 1 saturated heterocycles. The summed E-state index contributed by atoms with van der Waals surface area (Å²) in [6.45, 7) is 5.52. The van der Waals surface area contributed by atoms with Crippen molar-refractivity contribution in [2.24, 2.45) is 0 Å². The van der Waals surface area contributed by atoms with Crippen molar-refractivity contribution in [3.05, 3.63) is 53.6 Å². The maximum Gasteiger partial charge on any atom is 0.490 e. The van der Waals surface area contributed by atoms with Gasteiger partial charge in [-0.3, -0.25) is 0 Å². The second kappa shape index (κ2) is 13.1. The van der Waals surface area contributed by atoms with Gasteiger partial charge in [0.25, 0.3) is 0 Å². The summed E-state index contributed by atoms with van der Waals surface area (Å²) in [4.78, 5) is 11.4. The molecule has 0 radical (unpaired) electrons. The molecule has 1 aliphatic carbocycles. The third kappa shape index (κ3) is 7.37. The number of anilines is 1. The summed E-state index contributed by atoms with van der Waals surface area (Å²) < 4.78 is 42.8. The molecule has 0 amide bonds. The molecule has 1 heterocycles. The molecule has 4 rings (SSSR count). The Morgan fingerprint density at radius 3 is 2.27 bits per heavy atom. The minimum absolute atomic E-state index is 0.147. The predicted octanol–water partition coefficient (Wildman–Crippen LogP) is 5.94. The van der Waals surface area contributed by atoms with E-state index in [0.717, 1.165) is 43.0 Å². The monoisotopic (exact) mass is 581 g/mol. The van der Waals surface area contributed by atoms with Crippen LogP contribution in [0.15, 0.2) is 42.5 Å². The third-order valence-corrected chi connectivity index (χ3v) is 8.12. The van der Waals surface area contributed by atoms with Gasteiger partial charge in [-0.25, -0.2) is 4.79 Å². The average molecular weight is 582 g/mol. The van der Waals surface area contributed by atoms with Crippen LogP contribution in [0.2, 0.25) is 0 Å². The standard InChI is InChI=1S/C27H37N3O2S.C2HF3O2/c1-18(2)19-6-9-21(10-7-19)28-26(33)29-22-12-13-27(14-15-30(3)25(27)17-22)20-8-11-23(31-4)24(16-20)32-5;3-2(4,5)1(6)7/h6-11,16,18,22,25H,12-15,17H2,1-5H3,(H2,28,29,33);(H,6,7)/t22-,25+,27+;/m1./s1. The summed E-state index contributed by atoms with van der Waals surface area (Å²) in [7, 11) is 5.65. The summed E-state index contributed by atoms with van der Waals surface area (Å²) in [6, 6.07) is 15.8. The number of alkyl halides is 3. The second-order valence-corrected chi connectivity index (χ2v) is 11.0. The van der Waals surface area contributed by atoms with Crippen LogP contribution >= 0.6 is 12.2 Å². The van der Waals surface area contributed by atoms with E-state index in [-0.39, 0.29) is 5.41 Å². The molecule has 0 unspecified atom stereocenters. The Labute approximate surface area is 239 Å². The molecular weight excluding hydrogens is 543 g/mol. The van der Waals surface area contributed by atoms with Crippen LogP contribution in [0.1, 0.15) is 56.6 Å². The van der Waals surface area contributed by atoms with E-state index in [1.165, 1.54) is 17.5 Å². The number of ether oxygens (including phenoxy) is 2. The Morgan fingerprint density at radius 2 is 1.73 bits per heavy atom. The number of hydrogen-bond donors (Lipinski definition) is 3. The number of carboxylic acid groups (broad SMARTS) is 1. The minimum atomic E-state index is -5.08. The van der Waals surface area contributed by atoms with Gasteiger partial charge in [0, 0.05) is 23.2 Å². The molecule has 3 N–H and O–H groups in total. The molecule has 11 heteroatoms. The van der Waals surface area contributed by atoms with Gasteiger partial charge >= 0.3 is 12.1 Å². The molecule has 220 valence electrons. The molecule has 2 aromatic rings. The van der Waals surface area contributed by atoms with Gasteiger partial charge in [0.05, 0.1) is 14.2 Å². The molecule has 3 atom stereocenters. The van der Waals surface area contributed by atoms with E-state index in [2.05, 4.69) is 72.8 Å². The number of likely N-dealkylation sites (N-methyl/N-ethyl adjacent to an activating group) is 1. The summed E-state index contributed by atoms with van der Waals surface area (Å²) in [5.41, 5.74) is 3.88. The van der Waals surface area contributed by atoms with Crippen LogP contribution in [-0.4, -0.2) is 67.2 Å². The smallest absolute Gasteiger partial charge is 0.490 e. The zero-order valence-electron chi connectivity index (χ0n) is 23.5. The first-order valence-corrected chi connectivity index (χ1v) is 13.6. The molecule has 0 aromatic heterocycles. The van der Waals surface area contributed by atoms with Gasteiger partial charge in [0.2, 0.25) is 0 Å². The van der Waals surface area contributed by atoms with Gasteiger partial charge in [0.1, 0.15) is 0 Å². The van der Waals surface area contributed by atoms with E-state index in [4.69, 9.17) is 31.6 Å². The van der Waals surface area contributed by atoms with E-state index in [9.17, 15) is 13.2 Å². The number of fused-ring (bicyclic) bond motifs is 1. The molecule has 7 nitrogen and oxygen atoms in total. The number of carboxylic acids is 1. The maximum atomic E-state index is 10.6. The van der Waals surface area contributed by atoms with Crippen molar-refractivity contribution in [1.29, 1.82) is 0 Å². The molecule has 40 heavy (non-hydrogen) atoms. The highest BCUT2D eigenvalue weighted by Gasteiger charge is 2.50. The Bertz CT molecular complexity index is 1180. The van der Waals surface area contributed by atoms with Crippen molar-refractivity contribution in [2.75, 3.05) is 33.1 Å². The van der Waals surface area contributed by atoms with E-state index in [1.54, 1.807) is 14.2 Å². The number of aliphatic carboxylic acids is 1. The van der Waals surface area contributed by atoms with Crippen molar-refractivity contribution in [1.82, 2.24) is 10.2 Å². The number of methoxy groups -OCH3 is 2. The fourth-order valence-corrected chi connectivity index (χ4v) is 5.98. The molecule has 2 aliphatic rings. The zero-order valence-corrected chi connectivity index (χ0v) is 24.3. The summed E-state index contributed by atoms with van der Waals surface area (Å²) in [5.74, 6) is -0.631. The number of nitrogens with one attached hydrogen (secondary N) is 2. The van der Waals surface area contributed by atoms with E-state index in [1.807, 2.05) is 6.07 Å². The number of hydrogen-bond acceptors (Lipinski definition) is 5. The fourth-order valence-electron chi connectivity index (χ4n) is 5.70. The maximum absolute atomic E-state index is 10.6. The summed E-state index contributed by atoms with van der Waals surface area (Å²) in [5, 5.41) is 14.8. The number of nitrogens with zero attached hydrogens (tertiary/aromatic N) is 1. The van der Waals surface area contributed by atoms with Crippen LogP contribution in [0, 0.1) is 0 Å². The highest BCUT2D eigenvalue weighted by molar-refractivity contribution is 7.80. The molecule has 0 bridgehead atoms.